The number of nitrogens with zero attached hydrogens (tertiary/aromatic N) is 4. The second-order valence-corrected chi connectivity index (χ2v) is 14.3. The Balaban J connectivity index is 1.08. The van der Waals surface area contributed by atoms with E-state index < -0.39 is 0 Å². The minimum atomic E-state index is 0.659. The molecule has 0 N–H and O–H groups in total. The monoisotopic (exact) mass is 712 g/mol. The summed E-state index contributed by atoms with van der Waals surface area (Å²) in [5.41, 5.74) is 12.5. The van der Waals surface area contributed by atoms with Crippen molar-refractivity contribution in [2.45, 2.75) is 0 Å². The fraction of sp³-hybridized carbons (Fsp3) is 0. The van der Waals surface area contributed by atoms with Crippen LogP contribution in [0, 0.1) is 0 Å². The Bertz CT molecular complexity index is 3250. The smallest absolute Gasteiger partial charge is 0.160 e. The van der Waals surface area contributed by atoms with E-state index in [1.54, 1.807) is 0 Å². The van der Waals surface area contributed by atoms with Crippen LogP contribution in [0.1, 0.15) is 0 Å². The van der Waals surface area contributed by atoms with Crippen molar-refractivity contribution >= 4 is 43.2 Å². The minimum absolute atomic E-state index is 0.659. The van der Waals surface area contributed by atoms with Gasteiger partial charge in [0.2, 0.25) is 0 Å². The highest BCUT2D eigenvalue weighted by molar-refractivity contribution is 6.27. The first-order chi connectivity index (χ1) is 27.7. The van der Waals surface area contributed by atoms with Crippen LogP contribution in [0.3, 0.4) is 0 Å². The Morgan fingerprint density at radius 3 is 1.70 bits per heavy atom. The average Bonchev–Trinajstić information content (AvgIpc) is 3.28. The molecule has 0 aliphatic heterocycles. The number of rotatable bonds is 6. The molecule has 11 aromatic rings. The van der Waals surface area contributed by atoms with Crippen LogP contribution < -0.4 is 0 Å². The molecule has 0 saturated carbocycles. The van der Waals surface area contributed by atoms with E-state index in [9.17, 15) is 0 Å². The Hall–Kier alpha value is -7.56. The summed E-state index contributed by atoms with van der Waals surface area (Å²) in [6.45, 7) is 0. The van der Waals surface area contributed by atoms with E-state index in [-0.39, 0.29) is 0 Å². The lowest BCUT2D eigenvalue weighted by molar-refractivity contribution is 1.18. The van der Waals surface area contributed by atoms with Gasteiger partial charge in [-0.15, -0.1) is 0 Å². The number of pyridine rings is 2. The molecule has 0 fully saturated rings. The quantitative estimate of drug-likeness (QED) is 0.161. The van der Waals surface area contributed by atoms with Crippen molar-refractivity contribution in [2.75, 3.05) is 0 Å². The van der Waals surface area contributed by atoms with Gasteiger partial charge in [-0.25, -0.2) is 9.97 Å². The zero-order valence-corrected chi connectivity index (χ0v) is 30.3. The number of hydrogen-bond donors (Lipinski definition) is 0. The standard InChI is InChI=1S/C52H32N4/c1-2-8-34(9-3-1)43-20-16-35-19-23-46-44(21-17-36-18-22-45(43)50(35)51(36)46)38-12-7-14-41(29-38)52-55-48(40-13-6-11-37(28-40)33-24-26-53-27-25-33)31-49(56-52)42-30-39-10-4-5-15-47(39)54-32-42/h1-32H. The van der Waals surface area contributed by atoms with E-state index >= 15 is 0 Å². The highest BCUT2D eigenvalue weighted by Crippen LogP contribution is 2.43. The molecule has 3 heterocycles. The Kier molecular flexibility index (Phi) is 7.46. The van der Waals surface area contributed by atoms with Crippen LogP contribution in [0.25, 0.3) is 111 Å². The summed E-state index contributed by atoms with van der Waals surface area (Å²) in [6.07, 6.45) is 5.56. The van der Waals surface area contributed by atoms with Crippen molar-refractivity contribution in [2.24, 2.45) is 0 Å². The van der Waals surface area contributed by atoms with E-state index in [0.29, 0.717) is 5.82 Å². The number of hydrogen-bond acceptors (Lipinski definition) is 4. The highest BCUT2D eigenvalue weighted by atomic mass is 14.9. The third-order valence-corrected chi connectivity index (χ3v) is 11.0. The normalized spacial score (nSPS) is 11.6. The Labute approximate surface area is 323 Å². The Morgan fingerprint density at radius 2 is 0.929 bits per heavy atom. The minimum Gasteiger partial charge on any atom is -0.265 e. The summed E-state index contributed by atoms with van der Waals surface area (Å²) in [4.78, 5) is 19.5. The molecule has 0 aliphatic carbocycles. The fourth-order valence-corrected chi connectivity index (χ4v) is 8.23. The lowest BCUT2D eigenvalue weighted by Gasteiger charge is -2.17. The maximum absolute atomic E-state index is 5.25. The fourth-order valence-electron chi connectivity index (χ4n) is 8.23. The first-order valence-corrected chi connectivity index (χ1v) is 18.9. The molecule has 0 bridgehead atoms. The molecule has 0 spiro atoms. The molecule has 4 heteroatoms. The third-order valence-electron chi connectivity index (χ3n) is 11.0. The van der Waals surface area contributed by atoms with Gasteiger partial charge in [-0.2, -0.15) is 0 Å². The van der Waals surface area contributed by atoms with Crippen molar-refractivity contribution in [3.8, 4) is 67.3 Å². The molecular formula is C52H32N4. The summed E-state index contributed by atoms with van der Waals surface area (Å²) in [5, 5.41) is 8.65. The van der Waals surface area contributed by atoms with Gasteiger partial charge in [0.1, 0.15) is 0 Å². The van der Waals surface area contributed by atoms with Crippen molar-refractivity contribution < 1.29 is 0 Å². The first kappa shape index (κ1) is 31.9. The summed E-state index contributed by atoms with van der Waals surface area (Å²) in [6, 6.07) is 62.5. The number of aromatic nitrogens is 4. The molecule has 0 aliphatic rings. The van der Waals surface area contributed by atoms with Crippen molar-refractivity contribution in [1.82, 2.24) is 19.9 Å². The van der Waals surface area contributed by atoms with Gasteiger partial charge in [-0.3, -0.25) is 9.97 Å². The SMILES string of the molecule is c1ccc(-c2ccc3ccc4c(-c5cccc(-c6nc(-c7cccc(-c8ccncc8)c7)cc(-c7cnc8ccccc8c7)n6)c5)ccc5ccc2c3c54)cc1. The molecule has 3 aromatic heterocycles. The van der Waals surface area contributed by atoms with Crippen LogP contribution in [-0.4, -0.2) is 19.9 Å². The van der Waals surface area contributed by atoms with Crippen molar-refractivity contribution in [3.63, 3.8) is 0 Å². The highest BCUT2D eigenvalue weighted by Gasteiger charge is 2.17. The molecule has 4 nitrogen and oxygen atoms in total. The van der Waals surface area contributed by atoms with Gasteiger partial charge in [0.15, 0.2) is 5.82 Å². The van der Waals surface area contributed by atoms with Gasteiger partial charge in [0, 0.05) is 40.7 Å². The lowest BCUT2D eigenvalue weighted by atomic mass is 9.87. The molecule has 0 amide bonds. The summed E-state index contributed by atoms with van der Waals surface area (Å²) < 4.78 is 0. The molecule has 8 aromatic carbocycles. The lowest BCUT2D eigenvalue weighted by Crippen LogP contribution is -1.97. The molecule has 0 unspecified atom stereocenters. The molecule has 0 radical (unpaired) electrons. The molecule has 11 rings (SSSR count). The first-order valence-electron chi connectivity index (χ1n) is 18.9. The third kappa shape index (κ3) is 5.47. The van der Waals surface area contributed by atoms with Crippen LogP contribution in [0.2, 0.25) is 0 Å². The van der Waals surface area contributed by atoms with Gasteiger partial charge in [-0.1, -0.05) is 133 Å². The van der Waals surface area contributed by atoms with Crippen molar-refractivity contribution in [1.29, 1.82) is 0 Å². The van der Waals surface area contributed by atoms with E-state index in [4.69, 9.17) is 15.0 Å². The van der Waals surface area contributed by atoms with E-state index in [0.717, 1.165) is 55.7 Å². The molecule has 0 atom stereocenters. The van der Waals surface area contributed by atoms with Gasteiger partial charge in [-0.05, 0) is 108 Å². The van der Waals surface area contributed by atoms with Crippen LogP contribution in [-0.2, 0) is 0 Å². The second-order valence-electron chi connectivity index (χ2n) is 14.3. The number of para-hydroxylation sites is 1. The molecule has 56 heavy (non-hydrogen) atoms. The van der Waals surface area contributed by atoms with Crippen LogP contribution in [0.5, 0.6) is 0 Å². The van der Waals surface area contributed by atoms with E-state index in [2.05, 4.69) is 151 Å². The maximum atomic E-state index is 5.25. The summed E-state index contributed by atoms with van der Waals surface area (Å²) in [5.74, 6) is 0.659. The number of benzene rings is 8. The van der Waals surface area contributed by atoms with E-state index in [1.807, 2.05) is 48.9 Å². The van der Waals surface area contributed by atoms with Crippen LogP contribution >= 0.6 is 0 Å². The summed E-state index contributed by atoms with van der Waals surface area (Å²) in [7, 11) is 0. The van der Waals surface area contributed by atoms with Crippen molar-refractivity contribution in [3.05, 3.63) is 195 Å². The summed E-state index contributed by atoms with van der Waals surface area (Å²) >= 11 is 0. The van der Waals surface area contributed by atoms with E-state index in [1.165, 1.54) is 49.0 Å². The largest absolute Gasteiger partial charge is 0.265 e. The number of fused-ring (bicyclic) bond motifs is 1. The molecule has 260 valence electrons. The molecular weight excluding hydrogens is 681 g/mol. The predicted octanol–water partition coefficient (Wildman–Crippen LogP) is 13.3. The topological polar surface area (TPSA) is 51.6 Å². The van der Waals surface area contributed by atoms with Crippen LogP contribution in [0.4, 0.5) is 0 Å². The second kappa shape index (κ2) is 13.1. The average molecular weight is 713 g/mol. The Morgan fingerprint density at radius 1 is 0.339 bits per heavy atom. The van der Waals surface area contributed by atoms with Crippen LogP contribution in [0.15, 0.2) is 195 Å². The predicted molar refractivity (Wildman–Crippen MR) is 231 cm³/mol. The molecule has 0 saturated heterocycles. The van der Waals surface area contributed by atoms with Gasteiger partial charge in [0.25, 0.3) is 0 Å². The van der Waals surface area contributed by atoms with Gasteiger partial charge in [0.05, 0.1) is 16.9 Å². The zero-order valence-electron chi connectivity index (χ0n) is 30.3. The van der Waals surface area contributed by atoms with Gasteiger partial charge < -0.3 is 0 Å². The zero-order chi connectivity index (χ0) is 37.0. The van der Waals surface area contributed by atoms with Gasteiger partial charge >= 0.3 is 0 Å². The maximum Gasteiger partial charge on any atom is 0.160 e.